The summed E-state index contributed by atoms with van der Waals surface area (Å²) in [7, 11) is 0. The molecule has 146 valence electrons. The fraction of sp³-hybridized carbons (Fsp3) is 0.316. The van der Waals surface area contributed by atoms with E-state index in [-0.39, 0.29) is 30.8 Å². The Labute approximate surface area is 168 Å². The third-order valence-electron chi connectivity index (χ3n) is 4.62. The maximum absolute atomic E-state index is 12.4. The molecule has 1 aliphatic carbocycles. The van der Waals surface area contributed by atoms with Gasteiger partial charge < -0.3 is 15.6 Å². The maximum atomic E-state index is 12.4. The molecule has 1 aliphatic rings. The summed E-state index contributed by atoms with van der Waals surface area (Å²) in [4.78, 5) is 24.8. The fourth-order valence-electron chi connectivity index (χ4n) is 3.33. The first-order valence-corrected chi connectivity index (χ1v) is 8.96. The second kappa shape index (κ2) is 8.79. The number of carbonyl (C=O) groups is 1. The number of carbonyl (C=O) groups excluding carboxylic acids is 1. The van der Waals surface area contributed by atoms with Crippen LogP contribution in [0.25, 0.3) is 11.6 Å². The van der Waals surface area contributed by atoms with E-state index in [1.165, 1.54) is 5.56 Å². The van der Waals surface area contributed by atoms with Crippen LogP contribution in [0.4, 0.5) is 5.69 Å². The average molecular weight is 401 g/mol. The SMILES string of the molecule is Cl.Nc1ccc2c(c1)CCCC2NC(=O)CCc1nc(-c2ncccn2)no1. The van der Waals surface area contributed by atoms with Crippen molar-refractivity contribution in [1.29, 1.82) is 0 Å². The van der Waals surface area contributed by atoms with Crippen LogP contribution >= 0.6 is 12.4 Å². The third-order valence-corrected chi connectivity index (χ3v) is 4.62. The number of rotatable bonds is 5. The fourth-order valence-corrected chi connectivity index (χ4v) is 3.33. The van der Waals surface area contributed by atoms with Gasteiger partial charge in [0, 0.05) is 30.9 Å². The standard InChI is InChI=1S/C19H20N6O2.ClH/c20-13-5-6-14-12(11-13)3-1-4-15(14)23-16(26)7-8-17-24-19(25-27-17)18-21-9-2-10-22-18;/h2,5-6,9-11,15H,1,3-4,7-8,20H2,(H,23,26);1H. The van der Waals surface area contributed by atoms with Gasteiger partial charge >= 0.3 is 0 Å². The summed E-state index contributed by atoms with van der Waals surface area (Å²) in [5.74, 6) is 1.07. The predicted octanol–water partition coefficient (Wildman–Crippen LogP) is 2.66. The topological polar surface area (TPSA) is 120 Å². The first-order valence-electron chi connectivity index (χ1n) is 8.96. The Morgan fingerprint density at radius 2 is 2.07 bits per heavy atom. The van der Waals surface area contributed by atoms with Gasteiger partial charge in [-0.2, -0.15) is 4.98 Å². The van der Waals surface area contributed by atoms with Crippen molar-refractivity contribution in [2.45, 2.75) is 38.1 Å². The summed E-state index contributed by atoms with van der Waals surface area (Å²) in [6, 6.07) is 7.64. The average Bonchev–Trinajstić information content (AvgIpc) is 3.16. The molecule has 1 unspecified atom stereocenters. The number of aryl methyl sites for hydroxylation is 2. The van der Waals surface area contributed by atoms with Gasteiger partial charge in [-0.3, -0.25) is 4.79 Å². The molecule has 0 aliphatic heterocycles. The molecule has 0 radical (unpaired) electrons. The minimum Gasteiger partial charge on any atom is -0.399 e. The quantitative estimate of drug-likeness (QED) is 0.631. The van der Waals surface area contributed by atoms with Crippen molar-refractivity contribution in [3.05, 3.63) is 53.7 Å². The van der Waals surface area contributed by atoms with Crippen molar-refractivity contribution in [2.24, 2.45) is 0 Å². The van der Waals surface area contributed by atoms with Gasteiger partial charge in [0.2, 0.25) is 23.4 Å². The van der Waals surface area contributed by atoms with Crippen LogP contribution in [0.15, 0.2) is 41.2 Å². The van der Waals surface area contributed by atoms with Gasteiger partial charge in [0.1, 0.15) is 0 Å². The number of halogens is 1. The summed E-state index contributed by atoms with van der Waals surface area (Å²) in [5.41, 5.74) is 9.00. The molecule has 3 N–H and O–H groups in total. The van der Waals surface area contributed by atoms with Crippen LogP contribution in [0.3, 0.4) is 0 Å². The molecule has 0 saturated carbocycles. The highest BCUT2D eigenvalue weighted by molar-refractivity contribution is 5.85. The zero-order valence-corrected chi connectivity index (χ0v) is 16.0. The van der Waals surface area contributed by atoms with Crippen molar-refractivity contribution in [3.63, 3.8) is 0 Å². The van der Waals surface area contributed by atoms with Gasteiger partial charge in [-0.05, 0) is 48.6 Å². The number of nitrogens with two attached hydrogens (primary N) is 1. The summed E-state index contributed by atoms with van der Waals surface area (Å²) in [6.45, 7) is 0. The van der Waals surface area contributed by atoms with Crippen molar-refractivity contribution in [2.75, 3.05) is 5.73 Å². The van der Waals surface area contributed by atoms with Crippen LogP contribution in [-0.4, -0.2) is 26.0 Å². The number of aromatic nitrogens is 4. The number of fused-ring (bicyclic) bond motifs is 1. The van der Waals surface area contributed by atoms with Crippen molar-refractivity contribution in [3.8, 4) is 11.6 Å². The van der Waals surface area contributed by atoms with Gasteiger partial charge in [0.05, 0.1) is 6.04 Å². The van der Waals surface area contributed by atoms with E-state index >= 15 is 0 Å². The van der Waals surface area contributed by atoms with Crippen LogP contribution in [0.5, 0.6) is 0 Å². The number of hydrogen-bond donors (Lipinski definition) is 2. The predicted molar refractivity (Wildman–Crippen MR) is 106 cm³/mol. The Balaban J connectivity index is 0.00000225. The molecular formula is C19H21ClN6O2. The second-order valence-electron chi connectivity index (χ2n) is 6.55. The van der Waals surface area contributed by atoms with E-state index in [2.05, 4.69) is 25.4 Å². The highest BCUT2D eigenvalue weighted by atomic mass is 35.5. The number of nitrogens with one attached hydrogen (secondary N) is 1. The molecule has 1 atom stereocenters. The Kier molecular flexibility index (Phi) is 6.20. The number of amides is 1. The third kappa shape index (κ3) is 4.45. The molecule has 1 amide bonds. The van der Waals surface area contributed by atoms with E-state index in [1.807, 2.05) is 18.2 Å². The van der Waals surface area contributed by atoms with E-state index in [0.717, 1.165) is 30.5 Å². The zero-order chi connectivity index (χ0) is 18.6. The van der Waals surface area contributed by atoms with Crippen LogP contribution in [0.2, 0.25) is 0 Å². The molecule has 28 heavy (non-hydrogen) atoms. The van der Waals surface area contributed by atoms with E-state index in [4.69, 9.17) is 10.3 Å². The Hall–Kier alpha value is -3.00. The number of hydrogen-bond acceptors (Lipinski definition) is 7. The normalized spacial score (nSPS) is 15.4. The monoisotopic (exact) mass is 400 g/mol. The van der Waals surface area contributed by atoms with E-state index in [9.17, 15) is 4.79 Å². The maximum Gasteiger partial charge on any atom is 0.240 e. The molecule has 0 fully saturated rings. The Bertz CT molecular complexity index is 947. The van der Waals surface area contributed by atoms with E-state index in [0.29, 0.717) is 24.0 Å². The van der Waals surface area contributed by atoms with Gasteiger partial charge in [-0.1, -0.05) is 11.2 Å². The van der Waals surface area contributed by atoms with Crippen LogP contribution in [-0.2, 0) is 17.6 Å². The van der Waals surface area contributed by atoms with Gasteiger partial charge in [-0.25, -0.2) is 9.97 Å². The molecule has 4 rings (SSSR count). The van der Waals surface area contributed by atoms with Crippen LogP contribution < -0.4 is 11.1 Å². The van der Waals surface area contributed by atoms with Crippen molar-refractivity contribution < 1.29 is 9.32 Å². The van der Waals surface area contributed by atoms with Crippen LogP contribution in [0.1, 0.15) is 42.3 Å². The molecular weight excluding hydrogens is 380 g/mol. The van der Waals surface area contributed by atoms with Gasteiger partial charge in [0.15, 0.2) is 0 Å². The second-order valence-corrected chi connectivity index (χ2v) is 6.55. The first-order chi connectivity index (χ1) is 13.2. The smallest absolute Gasteiger partial charge is 0.240 e. The molecule has 9 heteroatoms. The highest BCUT2D eigenvalue weighted by Gasteiger charge is 2.22. The largest absolute Gasteiger partial charge is 0.399 e. The highest BCUT2D eigenvalue weighted by Crippen LogP contribution is 2.31. The number of anilines is 1. The summed E-state index contributed by atoms with van der Waals surface area (Å²) in [6.07, 6.45) is 6.83. The minimum atomic E-state index is -0.0413. The van der Waals surface area contributed by atoms with Gasteiger partial charge in [0.25, 0.3) is 0 Å². The zero-order valence-electron chi connectivity index (χ0n) is 15.2. The number of nitrogen functional groups attached to an aromatic ring is 1. The first kappa shape index (κ1) is 19.8. The lowest BCUT2D eigenvalue weighted by Crippen LogP contribution is -2.31. The summed E-state index contributed by atoms with van der Waals surface area (Å²) >= 11 is 0. The van der Waals surface area contributed by atoms with Crippen LogP contribution in [0, 0.1) is 0 Å². The molecule has 3 aromatic rings. The minimum absolute atomic E-state index is 0. The van der Waals surface area contributed by atoms with E-state index < -0.39 is 0 Å². The molecule has 0 spiro atoms. The van der Waals surface area contributed by atoms with E-state index in [1.54, 1.807) is 18.5 Å². The molecule has 2 aromatic heterocycles. The lowest BCUT2D eigenvalue weighted by atomic mass is 9.87. The Morgan fingerprint density at radius 1 is 1.25 bits per heavy atom. The summed E-state index contributed by atoms with van der Waals surface area (Å²) < 4.78 is 5.19. The number of nitrogens with zero attached hydrogens (tertiary/aromatic N) is 4. The summed E-state index contributed by atoms with van der Waals surface area (Å²) in [5, 5.41) is 6.97. The molecule has 0 saturated heterocycles. The van der Waals surface area contributed by atoms with Crippen molar-refractivity contribution >= 4 is 24.0 Å². The van der Waals surface area contributed by atoms with Gasteiger partial charge in [-0.15, -0.1) is 12.4 Å². The lowest BCUT2D eigenvalue weighted by Gasteiger charge is -2.26. The van der Waals surface area contributed by atoms with Crippen molar-refractivity contribution in [1.82, 2.24) is 25.4 Å². The lowest BCUT2D eigenvalue weighted by molar-refractivity contribution is -0.122. The molecule has 0 bridgehead atoms. The molecule has 2 heterocycles. The molecule has 1 aromatic carbocycles. The molecule has 8 nitrogen and oxygen atoms in total. The Morgan fingerprint density at radius 3 is 2.89 bits per heavy atom. The number of benzene rings is 1.